The first-order valence-corrected chi connectivity index (χ1v) is 13.9. The summed E-state index contributed by atoms with van der Waals surface area (Å²) in [4.78, 5) is 23.5. The Morgan fingerprint density at radius 1 is 1.08 bits per heavy atom. The Hall–Kier alpha value is -3.65. The molecule has 1 aromatic heterocycles. The van der Waals surface area contributed by atoms with Crippen LogP contribution < -0.4 is 4.74 Å². The Bertz CT molecular complexity index is 1600. The highest BCUT2D eigenvalue weighted by atomic mass is 32.2. The molecule has 0 atom stereocenters. The number of aromatic nitrogens is 2. The van der Waals surface area contributed by atoms with Crippen molar-refractivity contribution in [1.82, 2.24) is 14.9 Å². The Balaban J connectivity index is 1.48. The monoisotopic (exact) mass is 503 g/mol. The number of carbonyl (C=O) groups excluding carboxylic acids is 1. The van der Waals surface area contributed by atoms with Gasteiger partial charge < -0.3 is 14.6 Å². The van der Waals surface area contributed by atoms with E-state index in [9.17, 15) is 13.2 Å². The van der Waals surface area contributed by atoms with Crippen molar-refractivity contribution in [3.63, 3.8) is 0 Å². The van der Waals surface area contributed by atoms with Crippen molar-refractivity contribution in [2.24, 2.45) is 0 Å². The minimum atomic E-state index is -3.37. The van der Waals surface area contributed by atoms with Gasteiger partial charge in [-0.2, -0.15) is 0 Å². The highest BCUT2D eigenvalue weighted by Crippen LogP contribution is 2.32. The SMILES string of the molecule is CCc1cc(S(C)(=O)=O)c(C)cc1C(=O)N1CCOc2ccc(-c3ccc4nc(C)[nH]c4c3)cc2C1. The normalized spacial score (nSPS) is 13.8. The number of hydrogen-bond acceptors (Lipinski definition) is 5. The topological polar surface area (TPSA) is 92.4 Å². The van der Waals surface area contributed by atoms with Gasteiger partial charge in [-0.3, -0.25) is 4.79 Å². The van der Waals surface area contributed by atoms with Crippen molar-refractivity contribution in [1.29, 1.82) is 0 Å². The van der Waals surface area contributed by atoms with E-state index in [1.165, 1.54) is 6.26 Å². The van der Waals surface area contributed by atoms with Crippen LogP contribution in [0.25, 0.3) is 22.2 Å². The molecule has 0 bridgehead atoms. The van der Waals surface area contributed by atoms with E-state index in [2.05, 4.69) is 22.1 Å². The standard InChI is InChI=1S/C28H29N3O4S/c1-5-19-15-27(36(4,33)34)17(2)12-23(19)28(32)31-10-11-35-26-9-7-20(13-22(26)16-31)21-6-8-24-25(14-21)30-18(3)29-24/h6-9,12-15H,5,10-11,16H2,1-4H3,(H,29,30). The summed E-state index contributed by atoms with van der Waals surface area (Å²) in [6.07, 6.45) is 1.76. The molecule has 0 saturated carbocycles. The molecule has 4 aromatic rings. The lowest BCUT2D eigenvalue weighted by Gasteiger charge is -2.22. The number of benzene rings is 3. The van der Waals surface area contributed by atoms with Gasteiger partial charge in [-0.25, -0.2) is 13.4 Å². The van der Waals surface area contributed by atoms with Crippen molar-refractivity contribution in [2.75, 3.05) is 19.4 Å². The maximum Gasteiger partial charge on any atom is 0.254 e. The molecule has 5 rings (SSSR count). The van der Waals surface area contributed by atoms with E-state index in [4.69, 9.17) is 4.74 Å². The van der Waals surface area contributed by atoms with Crippen LogP contribution in [0.3, 0.4) is 0 Å². The quantitative estimate of drug-likeness (QED) is 0.430. The van der Waals surface area contributed by atoms with Crippen LogP contribution in [0.2, 0.25) is 0 Å². The first-order valence-electron chi connectivity index (χ1n) is 12.0. The summed E-state index contributed by atoms with van der Waals surface area (Å²) < 4.78 is 30.4. The van der Waals surface area contributed by atoms with Gasteiger partial charge in [-0.05, 0) is 78.9 Å². The molecule has 8 heteroatoms. The van der Waals surface area contributed by atoms with E-state index >= 15 is 0 Å². The van der Waals surface area contributed by atoms with Crippen LogP contribution in [0.4, 0.5) is 0 Å². The van der Waals surface area contributed by atoms with Crippen LogP contribution in [0.15, 0.2) is 53.4 Å². The number of rotatable bonds is 4. The summed E-state index contributed by atoms with van der Waals surface area (Å²) in [5, 5.41) is 0. The van der Waals surface area contributed by atoms with E-state index < -0.39 is 9.84 Å². The number of nitrogens with zero attached hydrogens (tertiary/aromatic N) is 2. The first-order chi connectivity index (χ1) is 17.1. The smallest absolute Gasteiger partial charge is 0.254 e. The fourth-order valence-electron chi connectivity index (χ4n) is 4.86. The van der Waals surface area contributed by atoms with Gasteiger partial charge in [-0.1, -0.05) is 19.1 Å². The number of hydrogen-bond donors (Lipinski definition) is 1. The molecule has 1 amide bonds. The summed E-state index contributed by atoms with van der Waals surface area (Å²) in [5.41, 5.74) is 6.77. The number of carbonyl (C=O) groups is 1. The number of H-pyrrole nitrogens is 1. The van der Waals surface area contributed by atoms with Crippen molar-refractivity contribution in [3.05, 3.63) is 76.6 Å². The highest BCUT2D eigenvalue weighted by molar-refractivity contribution is 7.90. The molecule has 1 aliphatic heterocycles. The molecule has 0 saturated heterocycles. The Kier molecular flexibility index (Phi) is 6.08. The van der Waals surface area contributed by atoms with E-state index in [0.29, 0.717) is 37.2 Å². The van der Waals surface area contributed by atoms with Gasteiger partial charge in [0.05, 0.1) is 22.5 Å². The van der Waals surface area contributed by atoms with Crippen molar-refractivity contribution in [2.45, 2.75) is 38.6 Å². The third-order valence-electron chi connectivity index (χ3n) is 6.67. The largest absolute Gasteiger partial charge is 0.491 e. The van der Waals surface area contributed by atoms with Crippen molar-refractivity contribution in [3.8, 4) is 16.9 Å². The number of fused-ring (bicyclic) bond motifs is 2. The number of amides is 1. The average molecular weight is 504 g/mol. The number of ether oxygens (including phenoxy) is 1. The van der Waals surface area contributed by atoms with Crippen molar-refractivity contribution < 1.29 is 17.9 Å². The highest BCUT2D eigenvalue weighted by Gasteiger charge is 2.25. The molecule has 186 valence electrons. The second-order valence-corrected chi connectivity index (χ2v) is 11.3. The molecular formula is C28H29N3O4S. The number of imidazole rings is 1. The molecule has 2 heterocycles. The van der Waals surface area contributed by atoms with E-state index in [0.717, 1.165) is 44.9 Å². The van der Waals surface area contributed by atoms with Gasteiger partial charge >= 0.3 is 0 Å². The fourth-order valence-corrected chi connectivity index (χ4v) is 5.86. The molecule has 1 aliphatic rings. The van der Waals surface area contributed by atoms with Crippen LogP contribution in [-0.2, 0) is 22.8 Å². The van der Waals surface area contributed by atoms with Gasteiger partial charge in [-0.15, -0.1) is 0 Å². The Morgan fingerprint density at radius 2 is 1.83 bits per heavy atom. The number of aryl methyl sites for hydroxylation is 3. The van der Waals surface area contributed by atoms with Crippen LogP contribution in [-0.4, -0.2) is 48.6 Å². The lowest BCUT2D eigenvalue weighted by atomic mass is 10.00. The molecule has 0 fully saturated rings. The van der Waals surface area contributed by atoms with Gasteiger partial charge in [0.15, 0.2) is 9.84 Å². The molecule has 0 radical (unpaired) electrons. The van der Waals surface area contributed by atoms with Crippen LogP contribution >= 0.6 is 0 Å². The summed E-state index contributed by atoms with van der Waals surface area (Å²) in [5.74, 6) is 1.52. The Labute approximate surface area is 211 Å². The molecule has 1 N–H and O–H groups in total. The van der Waals surface area contributed by atoms with Crippen LogP contribution in [0.1, 0.15) is 39.8 Å². The number of aromatic amines is 1. The predicted octanol–water partition coefficient (Wildman–Crippen LogP) is 4.85. The summed E-state index contributed by atoms with van der Waals surface area (Å²) in [6.45, 7) is 6.84. The second kappa shape index (κ2) is 9.09. The maximum atomic E-state index is 13.7. The van der Waals surface area contributed by atoms with Crippen molar-refractivity contribution >= 4 is 26.8 Å². The van der Waals surface area contributed by atoms with E-state index in [1.54, 1.807) is 24.0 Å². The molecule has 0 unspecified atom stereocenters. The fraction of sp³-hybridized carbons (Fsp3) is 0.286. The third kappa shape index (κ3) is 4.48. The number of sulfone groups is 1. The zero-order valence-electron chi connectivity index (χ0n) is 20.9. The van der Waals surface area contributed by atoms with Gasteiger partial charge in [0, 0.05) is 23.9 Å². The van der Waals surface area contributed by atoms with E-state index in [1.807, 2.05) is 38.1 Å². The Morgan fingerprint density at radius 3 is 2.58 bits per heavy atom. The summed E-state index contributed by atoms with van der Waals surface area (Å²) in [7, 11) is -3.37. The maximum absolute atomic E-state index is 13.7. The molecular weight excluding hydrogens is 474 g/mol. The summed E-state index contributed by atoms with van der Waals surface area (Å²) >= 11 is 0. The zero-order chi connectivity index (χ0) is 25.6. The van der Waals surface area contributed by atoms with Gasteiger partial charge in [0.1, 0.15) is 18.2 Å². The molecule has 7 nitrogen and oxygen atoms in total. The minimum Gasteiger partial charge on any atom is -0.491 e. The van der Waals surface area contributed by atoms with E-state index in [-0.39, 0.29) is 10.8 Å². The first kappa shape index (κ1) is 24.1. The third-order valence-corrected chi connectivity index (χ3v) is 7.91. The lowest BCUT2D eigenvalue weighted by molar-refractivity contribution is 0.0732. The molecule has 0 spiro atoms. The molecule has 0 aliphatic carbocycles. The zero-order valence-corrected chi connectivity index (χ0v) is 21.7. The number of nitrogens with one attached hydrogen (secondary N) is 1. The summed E-state index contributed by atoms with van der Waals surface area (Å²) in [6, 6.07) is 15.5. The second-order valence-electron chi connectivity index (χ2n) is 9.35. The molecule has 3 aromatic carbocycles. The van der Waals surface area contributed by atoms with Gasteiger partial charge in [0.25, 0.3) is 5.91 Å². The minimum absolute atomic E-state index is 0.119. The van der Waals surface area contributed by atoms with Crippen LogP contribution in [0.5, 0.6) is 5.75 Å². The average Bonchev–Trinajstić information content (AvgIpc) is 3.08. The van der Waals surface area contributed by atoms with Crippen LogP contribution in [0, 0.1) is 13.8 Å². The predicted molar refractivity (Wildman–Crippen MR) is 140 cm³/mol. The van der Waals surface area contributed by atoms with Gasteiger partial charge in [0.2, 0.25) is 0 Å². The molecule has 36 heavy (non-hydrogen) atoms. The lowest BCUT2D eigenvalue weighted by Crippen LogP contribution is -2.33.